The summed E-state index contributed by atoms with van der Waals surface area (Å²) in [5, 5.41) is 26.3. The van der Waals surface area contributed by atoms with Gasteiger partial charge in [-0.25, -0.2) is 14.4 Å². The number of rotatable bonds is 16. The summed E-state index contributed by atoms with van der Waals surface area (Å²) in [5.41, 5.74) is -0.0595. The normalized spacial score (nSPS) is 13.6. The molecule has 0 radical (unpaired) electrons. The van der Waals surface area contributed by atoms with Crippen molar-refractivity contribution in [2.24, 2.45) is 0 Å². The Morgan fingerprint density at radius 1 is 1.09 bits per heavy atom. The summed E-state index contributed by atoms with van der Waals surface area (Å²) >= 11 is 0. The number of esters is 1. The summed E-state index contributed by atoms with van der Waals surface area (Å²) in [5.74, 6) is -4.09. The molecule has 0 aliphatic rings. The van der Waals surface area contributed by atoms with Gasteiger partial charge >= 0.3 is 23.8 Å². The topological polar surface area (TPSA) is 213 Å². The number of nitro groups is 1. The standard InChI is InChI=1S/C29H34N3O12P/c1-5-10-19(6-2)17-43-29(36)31-26(21-15-23(32(37)38)25(33)24(16-21)41-3)45(39,40)14-13-22(27(34)42-4)30-28(35)44-18-20-11-8-7-9-12-20/h5-12,15-16,22,26,33H,1-2,13-14,17-18H2,3-4H3,(H,30,35)(H,31,36)(H,39,40)/b19-10+/t22-,26?/m0/s1. The third-order valence-electron chi connectivity index (χ3n) is 6.16. The van der Waals surface area contributed by atoms with Gasteiger partial charge in [0.2, 0.25) is 13.1 Å². The number of allylic oxidation sites excluding steroid dienone is 2. The van der Waals surface area contributed by atoms with E-state index in [1.165, 1.54) is 18.2 Å². The van der Waals surface area contributed by atoms with Gasteiger partial charge in [-0.1, -0.05) is 61.7 Å². The van der Waals surface area contributed by atoms with E-state index in [0.717, 1.165) is 26.4 Å². The molecule has 242 valence electrons. The fourth-order valence-corrected chi connectivity index (χ4v) is 5.66. The van der Waals surface area contributed by atoms with Gasteiger partial charge in [0, 0.05) is 12.2 Å². The largest absolute Gasteiger partial charge is 0.500 e. The molecule has 45 heavy (non-hydrogen) atoms. The van der Waals surface area contributed by atoms with Crippen LogP contribution in [0.2, 0.25) is 0 Å². The average Bonchev–Trinajstić information content (AvgIpc) is 3.02. The zero-order valence-electron chi connectivity index (χ0n) is 24.5. The number of nitrogens with one attached hydrogen (secondary N) is 2. The second kappa shape index (κ2) is 17.2. The zero-order valence-corrected chi connectivity index (χ0v) is 25.4. The van der Waals surface area contributed by atoms with Crippen LogP contribution in [0.1, 0.15) is 23.3 Å². The quantitative estimate of drug-likeness (QED) is 0.0496. The Morgan fingerprint density at radius 3 is 2.33 bits per heavy atom. The van der Waals surface area contributed by atoms with Crippen LogP contribution in [0.5, 0.6) is 11.5 Å². The van der Waals surface area contributed by atoms with Crippen molar-refractivity contribution >= 4 is 31.2 Å². The Bertz CT molecular complexity index is 1480. The van der Waals surface area contributed by atoms with Gasteiger partial charge in [-0.3, -0.25) is 14.7 Å². The molecule has 0 bridgehead atoms. The van der Waals surface area contributed by atoms with Gasteiger partial charge in [0.1, 0.15) is 25.0 Å². The van der Waals surface area contributed by atoms with Crippen molar-refractivity contribution in [1.29, 1.82) is 0 Å². The van der Waals surface area contributed by atoms with E-state index in [2.05, 4.69) is 23.8 Å². The molecule has 3 atom stereocenters. The number of hydrogen-bond acceptors (Lipinski definition) is 11. The van der Waals surface area contributed by atoms with Crippen LogP contribution in [0.25, 0.3) is 0 Å². The van der Waals surface area contributed by atoms with Gasteiger partial charge in [-0.15, -0.1) is 0 Å². The molecule has 2 aromatic rings. The maximum Gasteiger partial charge on any atom is 0.408 e. The van der Waals surface area contributed by atoms with Gasteiger partial charge in [0.05, 0.1) is 19.1 Å². The molecule has 0 saturated carbocycles. The highest BCUT2D eigenvalue weighted by atomic mass is 31.2. The molecule has 2 amide bonds. The average molecular weight is 648 g/mol. The van der Waals surface area contributed by atoms with Crippen LogP contribution < -0.4 is 15.4 Å². The van der Waals surface area contributed by atoms with E-state index in [0.29, 0.717) is 11.1 Å². The molecule has 0 aromatic heterocycles. The molecule has 0 saturated heterocycles. The number of methoxy groups -OCH3 is 2. The van der Waals surface area contributed by atoms with Crippen LogP contribution >= 0.6 is 7.37 Å². The number of alkyl carbamates (subject to hydrolysis) is 2. The second-order valence-corrected chi connectivity index (χ2v) is 11.7. The number of aromatic hydroxyl groups is 1. The number of carbonyl (C=O) groups is 3. The fraction of sp³-hybridized carbons (Fsp3) is 0.276. The van der Waals surface area contributed by atoms with Gasteiger partial charge < -0.3 is 39.6 Å². The highest BCUT2D eigenvalue weighted by Gasteiger charge is 2.38. The Balaban J connectivity index is 2.36. The molecular weight excluding hydrogens is 613 g/mol. The molecule has 15 nitrogen and oxygen atoms in total. The fourth-order valence-electron chi connectivity index (χ4n) is 3.85. The Hall–Kier alpha value is -5.14. The minimum Gasteiger partial charge on any atom is -0.500 e. The molecule has 2 aromatic carbocycles. The Kier molecular flexibility index (Phi) is 13.8. The first-order valence-corrected chi connectivity index (χ1v) is 15.1. The number of carbonyl (C=O) groups excluding carboxylic acids is 3. The summed E-state index contributed by atoms with van der Waals surface area (Å²) < 4.78 is 33.7. The second-order valence-electron chi connectivity index (χ2n) is 9.20. The predicted octanol–water partition coefficient (Wildman–Crippen LogP) is 4.46. The highest BCUT2D eigenvalue weighted by molar-refractivity contribution is 7.58. The molecule has 0 aliphatic carbocycles. The summed E-state index contributed by atoms with van der Waals surface area (Å²) in [6, 6.07) is 9.04. The van der Waals surface area contributed by atoms with Crippen molar-refractivity contribution in [1.82, 2.24) is 10.6 Å². The number of benzene rings is 2. The lowest BCUT2D eigenvalue weighted by Gasteiger charge is -2.26. The van der Waals surface area contributed by atoms with E-state index in [9.17, 15) is 39.1 Å². The molecule has 16 heteroatoms. The minimum absolute atomic E-state index is 0.121. The number of hydrogen-bond donors (Lipinski definition) is 4. The number of amides is 2. The molecule has 0 aliphatic heterocycles. The Morgan fingerprint density at radius 2 is 1.76 bits per heavy atom. The molecule has 4 N–H and O–H groups in total. The lowest BCUT2D eigenvalue weighted by Crippen LogP contribution is -2.42. The van der Waals surface area contributed by atoms with Crippen molar-refractivity contribution in [3.05, 3.63) is 101 Å². The number of ether oxygens (including phenoxy) is 4. The molecule has 0 heterocycles. The van der Waals surface area contributed by atoms with E-state index in [1.54, 1.807) is 30.3 Å². The number of nitrogens with zero attached hydrogens (tertiary/aromatic N) is 1. The lowest BCUT2D eigenvalue weighted by molar-refractivity contribution is -0.386. The van der Waals surface area contributed by atoms with Crippen molar-refractivity contribution in [2.45, 2.75) is 24.9 Å². The van der Waals surface area contributed by atoms with Gasteiger partial charge in [-0.05, 0) is 29.2 Å². The van der Waals surface area contributed by atoms with Crippen molar-refractivity contribution in [2.75, 3.05) is 27.0 Å². The summed E-state index contributed by atoms with van der Waals surface area (Å²) in [6.45, 7) is 6.69. The molecule has 2 unspecified atom stereocenters. The third-order valence-corrected chi connectivity index (χ3v) is 8.29. The zero-order chi connectivity index (χ0) is 33.6. The molecule has 0 spiro atoms. The van der Waals surface area contributed by atoms with E-state index in [4.69, 9.17) is 18.9 Å². The van der Waals surface area contributed by atoms with Crippen LogP contribution in [0.4, 0.5) is 15.3 Å². The van der Waals surface area contributed by atoms with Crippen molar-refractivity contribution in [3.8, 4) is 11.5 Å². The summed E-state index contributed by atoms with van der Waals surface area (Å²) in [4.78, 5) is 59.5. The monoisotopic (exact) mass is 647 g/mol. The van der Waals surface area contributed by atoms with Crippen molar-refractivity contribution in [3.63, 3.8) is 0 Å². The summed E-state index contributed by atoms with van der Waals surface area (Å²) in [7, 11) is -2.53. The van der Waals surface area contributed by atoms with E-state index >= 15 is 0 Å². The van der Waals surface area contributed by atoms with Crippen LogP contribution in [-0.2, 0) is 30.2 Å². The number of nitro benzene ring substituents is 1. The first-order valence-electron chi connectivity index (χ1n) is 13.2. The van der Waals surface area contributed by atoms with Gasteiger partial charge in [-0.2, -0.15) is 0 Å². The van der Waals surface area contributed by atoms with E-state index < -0.39 is 72.0 Å². The predicted molar refractivity (Wildman–Crippen MR) is 162 cm³/mol. The highest BCUT2D eigenvalue weighted by Crippen LogP contribution is 2.56. The maximum absolute atomic E-state index is 13.8. The van der Waals surface area contributed by atoms with Crippen LogP contribution in [0.15, 0.2) is 79.4 Å². The van der Waals surface area contributed by atoms with Crippen molar-refractivity contribution < 1.29 is 52.8 Å². The SMILES string of the molecule is C=C/C=C(\C=C)COC(=O)NC(c1cc(OC)c(O)c([N+](=O)[O-])c1)P(=O)(O)CC[C@H](NC(=O)OCc1ccccc1)C(=O)OC. The Labute approximate surface area is 258 Å². The van der Waals surface area contributed by atoms with Gasteiger partial charge in [0.25, 0.3) is 0 Å². The first-order chi connectivity index (χ1) is 21.4. The van der Waals surface area contributed by atoms with Crippen LogP contribution in [0, 0.1) is 10.1 Å². The van der Waals surface area contributed by atoms with E-state index in [1.807, 2.05) is 0 Å². The van der Waals surface area contributed by atoms with E-state index in [-0.39, 0.29) is 18.8 Å². The first kappa shape index (κ1) is 36.1. The van der Waals surface area contributed by atoms with Gasteiger partial charge in [0.15, 0.2) is 5.75 Å². The summed E-state index contributed by atoms with van der Waals surface area (Å²) in [6.07, 6.45) is 0.929. The minimum atomic E-state index is -4.67. The third kappa shape index (κ3) is 10.8. The lowest BCUT2D eigenvalue weighted by atomic mass is 10.1. The van der Waals surface area contributed by atoms with Crippen LogP contribution in [0.3, 0.4) is 0 Å². The molecular formula is C29H34N3O12P. The smallest absolute Gasteiger partial charge is 0.408 e. The molecule has 2 rings (SSSR count). The number of phenols is 1. The van der Waals surface area contributed by atoms with Crippen LogP contribution in [-0.4, -0.2) is 66.1 Å². The number of phenolic OH excluding ortho intramolecular Hbond substituents is 1. The maximum atomic E-state index is 13.8. The molecule has 0 fully saturated rings.